The lowest BCUT2D eigenvalue weighted by atomic mass is 10.1. The summed E-state index contributed by atoms with van der Waals surface area (Å²) in [4.78, 5) is 22.9. The number of nitrogens with zero attached hydrogens (tertiary/aromatic N) is 1. The Morgan fingerprint density at radius 2 is 1.83 bits per heavy atom. The van der Waals surface area contributed by atoms with E-state index in [2.05, 4.69) is 15.9 Å². The van der Waals surface area contributed by atoms with Crippen molar-refractivity contribution >= 4 is 27.7 Å². The molecule has 5 heteroatoms. The number of benzene rings is 1. The molecule has 0 saturated carbocycles. The van der Waals surface area contributed by atoms with Crippen LogP contribution in [-0.2, 0) is 6.54 Å². The summed E-state index contributed by atoms with van der Waals surface area (Å²) in [6.07, 6.45) is 1.58. The number of carboxylic acids is 1. The lowest BCUT2D eigenvalue weighted by molar-refractivity contribution is 0.0685. The predicted molar refractivity (Wildman–Crippen MR) is 69.9 cm³/mol. The van der Waals surface area contributed by atoms with E-state index in [0.717, 1.165) is 4.47 Å². The molecule has 0 radical (unpaired) electrons. The van der Waals surface area contributed by atoms with Gasteiger partial charge in [-0.05, 0) is 24.3 Å². The highest BCUT2D eigenvalue weighted by Crippen LogP contribution is 2.12. The molecule has 2 rings (SSSR count). The second kappa shape index (κ2) is 5.18. The third-order valence-corrected chi connectivity index (χ3v) is 3.06. The molecule has 0 bridgehead atoms. The van der Waals surface area contributed by atoms with Crippen molar-refractivity contribution < 1.29 is 14.7 Å². The van der Waals surface area contributed by atoms with E-state index in [1.165, 1.54) is 10.6 Å². The summed E-state index contributed by atoms with van der Waals surface area (Å²) in [5, 5.41) is 8.94. The zero-order chi connectivity index (χ0) is 13.1. The van der Waals surface area contributed by atoms with E-state index < -0.39 is 5.97 Å². The molecule has 0 aliphatic carbocycles. The smallest absolute Gasteiger partial charge is 0.352 e. The van der Waals surface area contributed by atoms with Gasteiger partial charge in [0.2, 0.25) is 0 Å². The molecule has 1 N–H and O–H groups in total. The van der Waals surface area contributed by atoms with Crippen molar-refractivity contribution in [2.45, 2.75) is 6.54 Å². The predicted octanol–water partition coefficient (Wildman–Crippen LogP) is 2.83. The fraction of sp³-hybridized carbons (Fsp3) is 0.0769. The Balaban J connectivity index is 2.19. The zero-order valence-corrected chi connectivity index (χ0v) is 10.9. The highest BCUT2D eigenvalue weighted by molar-refractivity contribution is 9.10. The van der Waals surface area contributed by atoms with Crippen LogP contribution in [0.15, 0.2) is 47.1 Å². The first-order valence-corrected chi connectivity index (χ1v) is 6.04. The number of hydrogen-bond donors (Lipinski definition) is 1. The van der Waals surface area contributed by atoms with Crippen molar-refractivity contribution in [3.05, 3.63) is 58.3 Å². The number of hydrogen-bond acceptors (Lipinski definition) is 2. The van der Waals surface area contributed by atoms with Crippen LogP contribution in [0.25, 0.3) is 0 Å². The molecule has 0 aliphatic heterocycles. The molecule has 0 atom stereocenters. The first-order valence-electron chi connectivity index (χ1n) is 5.25. The molecule has 2 aromatic rings. The Morgan fingerprint density at radius 1 is 1.17 bits per heavy atom. The van der Waals surface area contributed by atoms with Gasteiger partial charge in [-0.25, -0.2) is 4.79 Å². The largest absolute Gasteiger partial charge is 0.477 e. The molecule has 1 heterocycles. The molecule has 0 fully saturated rings. The van der Waals surface area contributed by atoms with Crippen LogP contribution < -0.4 is 0 Å². The van der Waals surface area contributed by atoms with Gasteiger partial charge in [0.05, 0.1) is 6.54 Å². The Labute approximate surface area is 112 Å². The number of Topliss-reactive ketones (excluding diaryl/α,β-unsaturated/α-hetero) is 1. The maximum atomic E-state index is 12.0. The summed E-state index contributed by atoms with van der Waals surface area (Å²) in [5.74, 6) is -1.16. The Morgan fingerprint density at radius 3 is 2.44 bits per heavy atom. The molecule has 92 valence electrons. The van der Waals surface area contributed by atoms with E-state index in [4.69, 9.17) is 5.11 Å². The number of aromatic nitrogens is 1. The number of rotatable bonds is 4. The topological polar surface area (TPSA) is 59.3 Å². The third kappa shape index (κ3) is 2.68. The number of carbonyl (C=O) groups is 2. The number of ketones is 1. The van der Waals surface area contributed by atoms with Gasteiger partial charge in [-0.2, -0.15) is 0 Å². The van der Waals surface area contributed by atoms with Crippen molar-refractivity contribution in [3.63, 3.8) is 0 Å². The number of carbonyl (C=O) groups excluding carboxylic acids is 1. The van der Waals surface area contributed by atoms with Gasteiger partial charge in [0, 0.05) is 16.2 Å². The second-order valence-corrected chi connectivity index (χ2v) is 4.67. The summed E-state index contributed by atoms with van der Waals surface area (Å²) in [6, 6.07) is 10.0. The van der Waals surface area contributed by atoms with Crippen LogP contribution in [0.3, 0.4) is 0 Å². The molecular weight excluding hydrogens is 298 g/mol. The van der Waals surface area contributed by atoms with Crippen molar-refractivity contribution in [1.29, 1.82) is 0 Å². The van der Waals surface area contributed by atoms with Crippen LogP contribution in [0.4, 0.5) is 0 Å². The van der Waals surface area contributed by atoms with Crippen molar-refractivity contribution in [2.75, 3.05) is 0 Å². The Kier molecular flexibility index (Phi) is 3.62. The minimum atomic E-state index is -1.04. The number of halogens is 1. The van der Waals surface area contributed by atoms with E-state index in [9.17, 15) is 9.59 Å². The lowest BCUT2D eigenvalue weighted by Gasteiger charge is -2.05. The molecule has 18 heavy (non-hydrogen) atoms. The van der Waals surface area contributed by atoms with Gasteiger partial charge in [0.1, 0.15) is 5.69 Å². The quantitative estimate of drug-likeness (QED) is 0.884. The van der Waals surface area contributed by atoms with Crippen LogP contribution in [0, 0.1) is 0 Å². The van der Waals surface area contributed by atoms with Crippen molar-refractivity contribution in [2.24, 2.45) is 0 Å². The first-order chi connectivity index (χ1) is 8.58. The van der Waals surface area contributed by atoms with Crippen LogP contribution in [-0.4, -0.2) is 21.4 Å². The Bertz CT molecular complexity index is 587. The first kappa shape index (κ1) is 12.6. The van der Waals surface area contributed by atoms with E-state index in [0.29, 0.717) is 5.56 Å². The lowest BCUT2D eigenvalue weighted by Crippen LogP contribution is -2.14. The molecule has 1 aromatic heterocycles. The Hall–Kier alpha value is -1.88. The number of aromatic carboxylic acids is 1. The minimum absolute atomic E-state index is 0.0241. The monoisotopic (exact) mass is 307 g/mol. The van der Waals surface area contributed by atoms with Crippen LogP contribution >= 0.6 is 15.9 Å². The summed E-state index contributed by atoms with van der Waals surface area (Å²) < 4.78 is 2.32. The fourth-order valence-corrected chi connectivity index (χ4v) is 1.89. The molecule has 1 aromatic carbocycles. The van der Waals surface area contributed by atoms with E-state index >= 15 is 0 Å². The SMILES string of the molecule is O=C(Cn1cccc1C(=O)O)c1ccc(Br)cc1. The van der Waals surface area contributed by atoms with Gasteiger partial charge >= 0.3 is 5.97 Å². The maximum absolute atomic E-state index is 12.0. The third-order valence-electron chi connectivity index (χ3n) is 2.53. The summed E-state index contributed by atoms with van der Waals surface area (Å²) in [7, 11) is 0. The molecule has 0 saturated heterocycles. The molecule has 0 amide bonds. The summed E-state index contributed by atoms with van der Waals surface area (Å²) in [5.41, 5.74) is 0.670. The van der Waals surface area contributed by atoms with E-state index in [1.807, 2.05) is 0 Å². The van der Waals surface area contributed by atoms with Gasteiger partial charge in [-0.3, -0.25) is 4.79 Å². The van der Waals surface area contributed by atoms with Gasteiger partial charge in [-0.1, -0.05) is 28.1 Å². The van der Waals surface area contributed by atoms with Crippen molar-refractivity contribution in [3.8, 4) is 0 Å². The molecule has 0 spiro atoms. The summed E-state index contributed by atoms with van der Waals surface area (Å²) >= 11 is 3.29. The van der Waals surface area contributed by atoms with Gasteiger partial charge < -0.3 is 9.67 Å². The highest BCUT2D eigenvalue weighted by atomic mass is 79.9. The molecular formula is C13H10BrNO3. The molecule has 0 aliphatic rings. The maximum Gasteiger partial charge on any atom is 0.352 e. The van der Waals surface area contributed by atoms with Crippen LogP contribution in [0.2, 0.25) is 0 Å². The zero-order valence-electron chi connectivity index (χ0n) is 9.34. The fourth-order valence-electron chi connectivity index (χ4n) is 1.63. The second-order valence-electron chi connectivity index (χ2n) is 3.76. The van der Waals surface area contributed by atoms with Crippen LogP contribution in [0.1, 0.15) is 20.8 Å². The minimum Gasteiger partial charge on any atom is -0.477 e. The average molecular weight is 308 g/mol. The van der Waals surface area contributed by atoms with Gasteiger partial charge in [0.15, 0.2) is 5.78 Å². The average Bonchev–Trinajstić information content (AvgIpc) is 2.78. The highest BCUT2D eigenvalue weighted by Gasteiger charge is 2.12. The van der Waals surface area contributed by atoms with Gasteiger partial charge in [-0.15, -0.1) is 0 Å². The van der Waals surface area contributed by atoms with E-state index in [-0.39, 0.29) is 18.0 Å². The molecule has 0 unspecified atom stereocenters. The standard InChI is InChI=1S/C13H10BrNO3/c14-10-5-3-9(4-6-10)12(16)8-15-7-1-2-11(15)13(17)18/h1-7H,8H2,(H,17,18). The van der Waals surface area contributed by atoms with Crippen LogP contribution in [0.5, 0.6) is 0 Å². The summed E-state index contributed by atoms with van der Waals surface area (Å²) in [6.45, 7) is 0.0241. The normalized spacial score (nSPS) is 10.3. The molecule has 4 nitrogen and oxygen atoms in total. The van der Waals surface area contributed by atoms with Gasteiger partial charge in [0.25, 0.3) is 0 Å². The van der Waals surface area contributed by atoms with E-state index in [1.54, 1.807) is 36.5 Å². The number of carboxylic acid groups (broad SMARTS) is 1. The van der Waals surface area contributed by atoms with Crippen molar-refractivity contribution in [1.82, 2.24) is 4.57 Å².